The van der Waals surface area contributed by atoms with Crippen molar-refractivity contribution in [2.24, 2.45) is 0 Å². The number of anilines is 1. The molecule has 0 aliphatic heterocycles. The molecule has 0 saturated carbocycles. The van der Waals surface area contributed by atoms with Gasteiger partial charge in [0, 0.05) is 21.6 Å². The Balaban J connectivity index is 1.59. The number of carbonyl (C=O) groups is 1. The van der Waals surface area contributed by atoms with E-state index in [4.69, 9.17) is 4.42 Å². The van der Waals surface area contributed by atoms with Gasteiger partial charge < -0.3 is 9.73 Å². The van der Waals surface area contributed by atoms with Gasteiger partial charge in [0.15, 0.2) is 5.13 Å². The van der Waals surface area contributed by atoms with Crippen molar-refractivity contribution in [2.75, 3.05) is 11.1 Å². The monoisotopic (exact) mass is 396 g/mol. The van der Waals surface area contributed by atoms with E-state index in [0.29, 0.717) is 16.2 Å². The zero-order valence-corrected chi connectivity index (χ0v) is 14.2. The summed E-state index contributed by atoms with van der Waals surface area (Å²) in [6.07, 6.45) is 1.63. The van der Waals surface area contributed by atoms with E-state index in [2.05, 4.69) is 36.4 Å². The highest BCUT2D eigenvalue weighted by molar-refractivity contribution is 9.10. The van der Waals surface area contributed by atoms with Gasteiger partial charge in [-0.3, -0.25) is 4.79 Å². The Morgan fingerprint density at radius 3 is 3.09 bits per heavy atom. The van der Waals surface area contributed by atoms with Crippen LogP contribution >= 0.6 is 39.0 Å². The number of thiazole rings is 1. The quantitative estimate of drug-likeness (QED) is 0.662. The molecule has 112 valence electrons. The Kier molecular flexibility index (Phi) is 4.86. The summed E-state index contributed by atoms with van der Waals surface area (Å²) in [5, 5.41) is 13.3. The summed E-state index contributed by atoms with van der Waals surface area (Å²) in [5.41, 5.74) is 0.820. The van der Waals surface area contributed by atoms with E-state index in [9.17, 15) is 4.79 Å². The van der Waals surface area contributed by atoms with Gasteiger partial charge in [-0.2, -0.15) is 0 Å². The first-order chi connectivity index (χ1) is 10.7. The van der Waals surface area contributed by atoms with Crippen LogP contribution in [0.25, 0.3) is 11.5 Å². The highest BCUT2D eigenvalue weighted by atomic mass is 79.9. The van der Waals surface area contributed by atoms with Gasteiger partial charge in [-0.15, -0.1) is 21.5 Å². The third-order valence-corrected chi connectivity index (χ3v) is 4.48. The SMILES string of the molecule is O=C(CSc1nnc(-c2cccc(Br)c2)o1)Nc1nccs1. The molecule has 0 atom stereocenters. The molecule has 0 aliphatic carbocycles. The largest absolute Gasteiger partial charge is 0.411 e. The Bertz CT molecular complexity index is 776. The number of amides is 1. The summed E-state index contributed by atoms with van der Waals surface area (Å²) in [6, 6.07) is 7.56. The molecule has 0 spiro atoms. The zero-order chi connectivity index (χ0) is 15.4. The summed E-state index contributed by atoms with van der Waals surface area (Å²) in [6.45, 7) is 0. The van der Waals surface area contributed by atoms with Crippen LogP contribution in [0.3, 0.4) is 0 Å². The van der Waals surface area contributed by atoms with Gasteiger partial charge in [-0.1, -0.05) is 33.8 Å². The molecule has 2 heterocycles. The molecule has 1 aromatic carbocycles. The Morgan fingerprint density at radius 2 is 2.32 bits per heavy atom. The topological polar surface area (TPSA) is 80.9 Å². The number of rotatable bonds is 5. The first-order valence-corrected chi connectivity index (χ1v) is 8.78. The molecule has 6 nitrogen and oxygen atoms in total. The third-order valence-electron chi connectivity index (χ3n) is 2.48. The van der Waals surface area contributed by atoms with Crippen LogP contribution in [0.1, 0.15) is 0 Å². The lowest BCUT2D eigenvalue weighted by atomic mass is 10.2. The van der Waals surface area contributed by atoms with Gasteiger partial charge >= 0.3 is 0 Å². The van der Waals surface area contributed by atoms with E-state index in [1.54, 1.807) is 11.6 Å². The predicted octanol–water partition coefficient (Wildman–Crippen LogP) is 3.69. The first kappa shape index (κ1) is 15.2. The van der Waals surface area contributed by atoms with E-state index in [1.807, 2.05) is 24.3 Å². The Morgan fingerprint density at radius 1 is 1.41 bits per heavy atom. The number of hydrogen-bond donors (Lipinski definition) is 1. The van der Waals surface area contributed by atoms with Crippen molar-refractivity contribution in [3.05, 3.63) is 40.3 Å². The number of nitrogens with one attached hydrogen (secondary N) is 1. The van der Waals surface area contributed by atoms with Gasteiger partial charge in [0.05, 0.1) is 5.75 Å². The number of hydrogen-bond acceptors (Lipinski definition) is 7. The van der Waals surface area contributed by atoms with Crippen LogP contribution in [-0.2, 0) is 4.79 Å². The molecule has 9 heteroatoms. The zero-order valence-electron chi connectivity index (χ0n) is 11.0. The van der Waals surface area contributed by atoms with E-state index in [0.717, 1.165) is 10.0 Å². The average Bonchev–Trinajstić information content (AvgIpc) is 3.16. The number of benzene rings is 1. The maximum Gasteiger partial charge on any atom is 0.277 e. The van der Waals surface area contributed by atoms with Crippen molar-refractivity contribution in [3.63, 3.8) is 0 Å². The van der Waals surface area contributed by atoms with E-state index >= 15 is 0 Å². The van der Waals surface area contributed by atoms with Crippen molar-refractivity contribution in [2.45, 2.75) is 5.22 Å². The van der Waals surface area contributed by atoms with Crippen LogP contribution in [0.4, 0.5) is 5.13 Å². The summed E-state index contributed by atoms with van der Waals surface area (Å²) in [4.78, 5) is 15.7. The van der Waals surface area contributed by atoms with Gasteiger partial charge in [-0.25, -0.2) is 4.98 Å². The minimum Gasteiger partial charge on any atom is -0.411 e. The van der Waals surface area contributed by atoms with Crippen LogP contribution < -0.4 is 5.32 Å². The third kappa shape index (κ3) is 3.93. The first-order valence-electron chi connectivity index (χ1n) is 6.12. The molecule has 3 rings (SSSR count). The van der Waals surface area contributed by atoms with Crippen LogP contribution in [0.15, 0.2) is 50.0 Å². The maximum atomic E-state index is 11.7. The standard InChI is InChI=1S/C13H9BrN4O2S2/c14-9-3-1-2-8(6-9)11-17-18-13(20-11)22-7-10(19)16-12-15-4-5-21-12/h1-6H,7H2,(H,15,16,19). The average molecular weight is 397 g/mol. The van der Waals surface area contributed by atoms with Crippen molar-refractivity contribution in [1.29, 1.82) is 0 Å². The molecule has 0 aliphatic rings. The minimum atomic E-state index is -0.165. The van der Waals surface area contributed by atoms with E-state index in [-0.39, 0.29) is 11.7 Å². The van der Waals surface area contributed by atoms with Crippen molar-refractivity contribution < 1.29 is 9.21 Å². The number of nitrogens with zero attached hydrogens (tertiary/aromatic N) is 3. The van der Waals surface area contributed by atoms with Crippen molar-refractivity contribution in [3.8, 4) is 11.5 Å². The number of thioether (sulfide) groups is 1. The lowest BCUT2D eigenvalue weighted by molar-refractivity contribution is -0.113. The van der Waals surface area contributed by atoms with Crippen molar-refractivity contribution in [1.82, 2.24) is 15.2 Å². The Labute approximate surface area is 142 Å². The van der Waals surface area contributed by atoms with Crippen LogP contribution in [0.2, 0.25) is 0 Å². The molecule has 22 heavy (non-hydrogen) atoms. The summed E-state index contributed by atoms with van der Waals surface area (Å²) in [7, 11) is 0. The summed E-state index contributed by atoms with van der Waals surface area (Å²) < 4.78 is 6.47. The molecule has 0 saturated heterocycles. The molecule has 2 aromatic heterocycles. The molecular weight excluding hydrogens is 388 g/mol. The Hall–Kier alpha value is -1.71. The number of carbonyl (C=O) groups excluding carboxylic acids is 1. The highest BCUT2D eigenvalue weighted by Gasteiger charge is 2.12. The van der Waals surface area contributed by atoms with Gasteiger partial charge in [0.2, 0.25) is 11.8 Å². The fraction of sp³-hybridized carbons (Fsp3) is 0.0769. The second-order valence-corrected chi connectivity index (χ2v) is 6.79. The summed E-state index contributed by atoms with van der Waals surface area (Å²) >= 11 is 5.94. The van der Waals surface area contributed by atoms with Crippen LogP contribution in [0, 0.1) is 0 Å². The fourth-order valence-corrected chi connectivity index (χ4v) is 3.08. The smallest absolute Gasteiger partial charge is 0.277 e. The highest BCUT2D eigenvalue weighted by Crippen LogP contribution is 2.25. The molecular formula is C13H9BrN4O2S2. The van der Waals surface area contributed by atoms with Gasteiger partial charge in [0.25, 0.3) is 5.22 Å². The van der Waals surface area contributed by atoms with E-state index < -0.39 is 0 Å². The van der Waals surface area contributed by atoms with Gasteiger partial charge in [0.1, 0.15) is 0 Å². The molecule has 0 unspecified atom stereocenters. The maximum absolute atomic E-state index is 11.7. The predicted molar refractivity (Wildman–Crippen MR) is 88.9 cm³/mol. The van der Waals surface area contributed by atoms with E-state index in [1.165, 1.54) is 23.1 Å². The second-order valence-electron chi connectivity index (χ2n) is 4.06. The number of halogens is 1. The van der Waals surface area contributed by atoms with Crippen LogP contribution in [-0.4, -0.2) is 26.8 Å². The molecule has 0 fully saturated rings. The lowest BCUT2D eigenvalue weighted by Crippen LogP contribution is -2.13. The molecule has 0 radical (unpaired) electrons. The second kappa shape index (κ2) is 7.03. The van der Waals surface area contributed by atoms with Crippen LogP contribution in [0.5, 0.6) is 0 Å². The molecule has 1 amide bonds. The van der Waals surface area contributed by atoms with Crippen molar-refractivity contribution >= 4 is 50.1 Å². The molecule has 0 bridgehead atoms. The normalized spacial score (nSPS) is 10.6. The van der Waals surface area contributed by atoms with Gasteiger partial charge in [-0.05, 0) is 18.2 Å². The molecule has 3 aromatic rings. The fourth-order valence-electron chi connectivity index (χ4n) is 1.57. The molecule has 1 N–H and O–H groups in total. The number of aromatic nitrogens is 3. The lowest BCUT2D eigenvalue weighted by Gasteiger charge is -1.98. The summed E-state index contributed by atoms with van der Waals surface area (Å²) in [5.74, 6) is 0.436. The minimum absolute atomic E-state index is 0.165.